The molecule has 2 heterocycles. The molecule has 0 saturated carbocycles. The number of non-ortho nitro benzene ring substituents is 1. The van der Waals surface area contributed by atoms with Gasteiger partial charge in [0, 0.05) is 18.7 Å². The summed E-state index contributed by atoms with van der Waals surface area (Å²) in [6.45, 7) is 0.298. The van der Waals surface area contributed by atoms with Gasteiger partial charge in [-0.25, -0.2) is 4.79 Å². The van der Waals surface area contributed by atoms with Crippen molar-refractivity contribution in [1.29, 1.82) is 0 Å². The summed E-state index contributed by atoms with van der Waals surface area (Å²) in [5.74, 6) is -2.01. The SMILES string of the molecule is O=C(Cc1ccccc1)N[C@@H]1C(=O)N(C(Cl)C(=O)OCc2ccc([N+](=O)[O-])cc2)[C@@H]1SCC(=O)[C@@H]1CCCO1. The van der Waals surface area contributed by atoms with Gasteiger partial charge < -0.3 is 14.8 Å². The molecule has 0 aromatic heterocycles. The Kier molecular flexibility index (Phi) is 9.54. The van der Waals surface area contributed by atoms with E-state index in [1.54, 1.807) is 24.3 Å². The van der Waals surface area contributed by atoms with Gasteiger partial charge in [-0.2, -0.15) is 0 Å². The molecule has 2 saturated heterocycles. The van der Waals surface area contributed by atoms with Crippen LogP contribution in [0.25, 0.3) is 0 Å². The van der Waals surface area contributed by atoms with E-state index in [0.29, 0.717) is 18.6 Å². The predicted octanol–water partition coefficient (Wildman–Crippen LogP) is 2.58. The Labute approximate surface area is 233 Å². The molecule has 0 spiro atoms. The highest BCUT2D eigenvalue weighted by Gasteiger charge is 2.53. The zero-order valence-electron chi connectivity index (χ0n) is 20.7. The van der Waals surface area contributed by atoms with Crippen molar-refractivity contribution in [2.45, 2.75) is 48.9 Å². The van der Waals surface area contributed by atoms with Gasteiger partial charge in [0.2, 0.25) is 11.4 Å². The van der Waals surface area contributed by atoms with Gasteiger partial charge in [0.05, 0.1) is 17.1 Å². The van der Waals surface area contributed by atoms with Crippen molar-refractivity contribution in [2.24, 2.45) is 0 Å². The van der Waals surface area contributed by atoms with Gasteiger partial charge in [0.1, 0.15) is 24.1 Å². The Morgan fingerprint density at radius 1 is 1.15 bits per heavy atom. The third kappa shape index (κ3) is 7.14. The lowest BCUT2D eigenvalue weighted by Gasteiger charge is -2.47. The number of rotatable bonds is 12. The fourth-order valence-corrected chi connectivity index (χ4v) is 5.82. The van der Waals surface area contributed by atoms with Crippen LogP contribution in [0.15, 0.2) is 54.6 Å². The summed E-state index contributed by atoms with van der Waals surface area (Å²) in [5.41, 5.74) is -0.356. The minimum atomic E-state index is -1.51. The molecule has 1 N–H and O–H groups in total. The highest BCUT2D eigenvalue weighted by molar-refractivity contribution is 8.00. The molecule has 2 aromatic carbocycles. The highest BCUT2D eigenvalue weighted by Crippen LogP contribution is 2.34. The number of halogens is 1. The number of thioether (sulfide) groups is 1. The standard InChI is InChI=1S/C26H26ClN3O8S/c27-23(26(34)38-14-17-8-10-18(11-9-17)30(35)36)29-24(33)22(28-21(32)13-16-5-2-1-3-6-16)25(29)39-15-19(31)20-7-4-12-37-20/h1-3,5-6,8-11,20,22-23,25H,4,7,12-15H2,(H,28,32)/t20-,22+,23?,25+/m0/s1. The molecule has 4 rings (SSSR count). The topological polar surface area (TPSA) is 145 Å². The van der Waals surface area contributed by atoms with Crippen LogP contribution in [0, 0.1) is 10.1 Å². The van der Waals surface area contributed by atoms with Gasteiger partial charge in [-0.1, -0.05) is 41.9 Å². The lowest BCUT2D eigenvalue weighted by atomic mass is 10.1. The van der Waals surface area contributed by atoms with E-state index in [1.165, 1.54) is 24.3 Å². The van der Waals surface area contributed by atoms with E-state index < -0.39 is 39.8 Å². The number of carbonyl (C=O) groups is 4. The van der Waals surface area contributed by atoms with Crippen LogP contribution in [0.3, 0.4) is 0 Å². The van der Waals surface area contributed by atoms with Crippen LogP contribution < -0.4 is 5.32 Å². The largest absolute Gasteiger partial charge is 0.458 e. The van der Waals surface area contributed by atoms with Crippen molar-refractivity contribution in [2.75, 3.05) is 12.4 Å². The van der Waals surface area contributed by atoms with Crippen molar-refractivity contribution >= 4 is 52.6 Å². The van der Waals surface area contributed by atoms with Crippen molar-refractivity contribution < 1.29 is 33.6 Å². The van der Waals surface area contributed by atoms with Crippen molar-refractivity contribution in [1.82, 2.24) is 10.2 Å². The maximum absolute atomic E-state index is 13.0. The Morgan fingerprint density at radius 3 is 2.51 bits per heavy atom. The second kappa shape index (κ2) is 13.0. The second-order valence-corrected chi connectivity index (χ2v) is 10.5. The lowest BCUT2D eigenvalue weighted by molar-refractivity contribution is -0.384. The summed E-state index contributed by atoms with van der Waals surface area (Å²) < 4.78 is 10.7. The maximum atomic E-state index is 13.0. The minimum absolute atomic E-state index is 0.00558. The molecular formula is C26H26ClN3O8S. The van der Waals surface area contributed by atoms with E-state index in [1.807, 2.05) is 6.07 Å². The first kappa shape index (κ1) is 28.5. The molecule has 2 fully saturated rings. The number of amides is 2. The van der Waals surface area contributed by atoms with Gasteiger partial charge in [-0.3, -0.25) is 29.4 Å². The van der Waals surface area contributed by atoms with Crippen LogP contribution in [0.2, 0.25) is 0 Å². The molecule has 4 atom stereocenters. The first-order valence-electron chi connectivity index (χ1n) is 12.2. The van der Waals surface area contributed by atoms with E-state index in [-0.39, 0.29) is 36.2 Å². The molecule has 0 aliphatic carbocycles. The molecule has 39 heavy (non-hydrogen) atoms. The summed E-state index contributed by atoms with van der Waals surface area (Å²) in [7, 11) is 0. The third-order valence-corrected chi connectivity index (χ3v) is 7.94. The number of likely N-dealkylation sites (tertiary alicyclic amines) is 1. The number of β-lactam (4-membered cyclic amide) rings is 1. The number of nitrogens with zero attached hydrogens (tertiary/aromatic N) is 2. The van der Waals surface area contributed by atoms with E-state index in [9.17, 15) is 29.3 Å². The normalized spacial score (nSPS) is 21.1. The van der Waals surface area contributed by atoms with Crippen molar-refractivity contribution in [3.63, 3.8) is 0 Å². The summed E-state index contributed by atoms with van der Waals surface area (Å²) in [6, 6.07) is 13.5. The van der Waals surface area contributed by atoms with Gasteiger partial charge in [0.15, 0.2) is 5.78 Å². The molecule has 0 radical (unpaired) electrons. The average molecular weight is 576 g/mol. The molecule has 206 valence electrons. The quantitative estimate of drug-likeness (QED) is 0.101. The third-order valence-electron chi connectivity index (χ3n) is 6.26. The number of alkyl halides is 1. The molecule has 0 bridgehead atoms. The van der Waals surface area contributed by atoms with E-state index >= 15 is 0 Å². The van der Waals surface area contributed by atoms with Crippen LogP contribution in [-0.4, -0.2) is 68.8 Å². The van der Waals surface area contributed by atoms with Crippen LogP contribution in [-0.2, 0) is 41.7 Å². The number of carbonyl (C=O) groups excluding carboxylic acids is 4. The molecular weight excluding hydrogens is 550 g/mol. The maximum Gasteiger partial charge on any atom is 0.345 e. The van der Waals surface area contributed by atoms with Crippen LogP contribution in [0.5, 0.6) is 0 Å². The van der Waals surface area contributed by atoms with Crippen LogP contribution >= 0.6 is 23.4 Å². The summed E-state index contributed by atoms with van der Waals surface area (Å²) in [6.07, 6.45) is 0.957. The number of hydrogen-bond donors (Lipinski definition) is 1. The number of nitro benzene ring substituents is 1. The smallest absolute Gasteiger partial charge is 0.345 e. The molecule has 2 aliphatic heterocycles. The minimum Gasteiger partial charge on any atom is -0.458 e. The van der Waals surface area contributed by atoms with E-state index in [0.717, 1.165) is 28.6 Å². The summed E-state index contributed by atoms with van der Waals surface area (Å²) in [4.78, 5) is 62.3. The van der Waals surface area contributed by atoms with Crippen molar-refractivity contribution in [3.05, 3.63) is 75.8 Å². The number of nitro groups is 1. The zero-order valence-corrected chi connectivity index (χ0v) is 22.3. The Balaban J connectivity index is 1.39. The fraction of sp³-hybridized carbons (Fsp3) is 0.385. The van der Waals surface area contributed by atoms with Gasteiger partial charge in [0.25, 0.3) is 11.6 Å². The molecule has 2 aliphatic rings. The number of ketones is 1. The number of benzene rings is 2. The van der Waals surface area contributed by atoms with Crippen molar-refractivity contribution in [3.8, 4) is 0 Å². The zero-order chi connectivity index (χ0) is 27.9. The number of nitrogens with one attached hydrogen (secondary N) is 1. The van der Waals surface area contributed by atoms with Gasteiger partial charge in [-0.05, 0) is 36.1 Å². The average Bonchev–Trinajstić information content (AvgIpc) is 3.48. The Bertz CT molecular complexity index is 1220. The Morgan fingerprint density at radius 2 is 1.87 bits per heavy atom. The molecule has 2 aromatic rings. The molecule has 2 amide bonds. The first-order chi connectivity index (χ1) is 18.7. The van der Waals surface area contributed by atoms with Gasteiger partial charge in [-0.15, -0.1) is 11.8 Å². The van der Waals surface area contributed by atoms with Crippen LogP contribution in [0.4, 0.5) is 5.69 Å². The van der Waals surface area contributed by atoms with E-state index in [2.05, 4.69) is 5.32 Å². The number of Topliss-reactive ketones (excluding diaryl/α,β-unsaturated/α-hetero) is 1. The van der Waals surface area contributed by atoms with Crippen LogP contribution in [0.1, 0.15) is 24.0 Å². The highest BCUT2D eigenvalue weighted by atomic mass is 35.5. The number of hydrogen-bond acceptors (Lipinski definition) is 9. The number of ether oxygens (including phenoxy) is 2. The Hall–Kier alpha value is -3.48. The predicted molar refractivity (Wildman–Crippen MR) is 142 cm³/mol. The molecule has 1 unspecified atom stereocenters. The van der Waals surface area contributed by atoms with E-state index in [4.69, 9.17) is 21.1 Å². The molecule has 11 nitrogen and oxygen atoms in total. The van der Waals surface area contributed by atoms with Gasteiger partial charge >= 0.3 is 5.97 Å². The summed E-state index contributed by atoms with van der Waals surface area (Å²) in [5, 5.41) is 12.7. The summed E-state index contributed by atoms with van der Waals surface area (Å²) >= 11 is 7.43. The fourth-order valence-electron chi connectivity index (χ4n) is 4.19. The monoisotopic (exact) mass is 575 g/mol. The first-order valence-corrected chi connectivity index (χ1v) is 13.7. The second-order valence-electron chi connectivity index (χ2n) is 8.99. The number of esters is 1. The molecule has 13 heteroatoms. The lowest BCUT2D eigenvalue weighted by Crippen LogP contribution is -2.72.